The van der Waals surface area contributed by atoms with Crippen molar-refractivity contribution in [1.29, 1.82) is 0 Å². The minimum absolute atomic E-state index is 0.0267. The van der Waals surface area contributed by atoms with Gasteiger partial charge in [0.2, 0.25) is 5.01 Å². The first-order chi connectivity index (χ1) is 16.1. The van der Waals surface area contributed by atoms with Crippen LogP contribution >= 0.6 is 11.3 Å². The summed E-state index contributed by atoms with van der Waals surface area (Å²) in [5.41, 5.74) is 1.88. The number of ether oxygens (including phenoxy) is 1. The highest BCUT2D eigenvalue weighted by Gasteiger charge is 2.27. The molecule has 0 radical (unpaired) electrons. The van der Waals surface area contributed by atoms with E-state index >= 15 is 0 Å². The van der Waals surface area contributed by atoms with Crippen LogP contribution < -0.4 is 15.4 Å². The van der Waals surface area contributed by atoms with Crippen molar-refractivity contribution in [2.24, 2.45) is 0 Å². The van der Waals surface area contributed by atoms with Crippen molar-refractivity contribution in [1.82, 2.24) is 20.4 Å². The molecule has 1 aliphatic rings. The van der Waals surface area contributed by atoms with Crippen LogP contribution in [0.15, 0.2) is 54.6 Å². The molecule has 0 unspecified atom stereocenters. The summed E-state index contributed by atoms with van der Waals surface area (Å²) in [5, 5.41) is 15.4. The van der Waals surface area contributed by atoms with E-state index in [1.54, 1.807) is 31.4 Å². The summed E-state index contributed by atoms with van der Waals surface area (Å²) >= 11 is 1.32. The van der Waals surface area contributed by atoms with Gasteiger partial charge in [-0.15, -0.1) is 10.2 Å². The van der Waals surface area contributed by atoms with Gasteiger partial charge >= 0.3 is 6.03 Å². The Morgan fingerprint density at radius 3 is 2.48 bits per heavy atom. The molecule has 0 saturated carbocycles. The van der Waals surface area contributed by atoms with E-state index in [4.69, 9.17) is 4.74 Å². The molecule has 3 amide bonds. The fraction of sp³-hybridized carbons (Fsp3) is 0.333. The fourth-order valence-electron chi connectivity index (χ4n) is 3.75. The third-order valence-electron chi connectivity index (χ3n) is 5.65. The number of carbonyl (C=O) groups excluding carboxylic acids is 2. The van der Waals surface area contributed by atoms with Crippen LogP contribution in [0.3, 0.4) is 0 Å². The number of nitrogens with zero attached hydrogens (tertiary/aromatic N) is 3. The molecule has 33 heavy (non-hydrogen) atoms. The number of anilines is 1. The summed E-state index contributed by atoms with van der Waals surface area (Å²) in [4.78, 5) is 26.8. The molecule has 1 aromatic heterocycles. The lowest BCUT2D eigenvalue weighted by atomic mass is 9.98. The average molecular weight is 466 g/mol. The smallest absolute Gasteiger partial charge is 0.317 e. The number of rotatable bonds is 7. The van der Waals surface area contributed by atoms with E-state index in [-0.39, 0.29) is 17.9 Å². The molecule has 2 N–H and O–H groups in total. The van der Waals surface area contributed by atoms with E-state index in [1.807, 2.05) is 23.1 Å². The summed E-state index contributed by atoms with van der Waals surface area (Å²) in [6.45, 7) is 1.94. The molecule has 9 heteroatoms. The maximum absolute atomic E-state index is 12.5. The molecule has 2 aromatic carbocycles. The summed E-state index contributed by atoms with van der Waals surface area (Å²) in [6.07, 6.45) is 2.43. The van der Waals surface area contributed by atoms with Gasteiger partial charge in [-0.3, -0.25) is 4.79 Å². The van der Waals surface area contributed by atoms with E-state index in [1.165, 1.54) is 16.9 Å². The zero-order chi connectivity index (χ0) is 23.0. The molecule has 0 spiro atoms. The predicted molar refractivity (Wildman–Crippen MR) is 128 cm³/mol. The Kier molecular flexibility index (Phi) is 7.51. The van der Waals surface area contributed by atoms with Gasteiger partial charge in [0.15, 0.2) is 0 Å². The minimum Gasteiger partial charge on any atom is -0.497 e. The summed E-state index contributed by atoms with van der Waals surface area (Å²) < 4.78 is 5.13. The Bertz CT molecular complexity index is 1060. The quantitative estimate of drug-likeness (QED) is 0.551. The number of carbonyl (C=O) groups is 2. The molecule has 1 saturated heterocycles. The molecule has 4 rings (SSSR count). The monoisotopic (exact) mass is 465 g/mol. The lowest BCUT2D eigenvalue weighted by molar-refractivity contribution is 0.102. The molecule has 2 heterocycles. The van der Waals surface area contributed by atoms with Gasteiger partial charge in [0.25, 0.3) is 5.91 Å². The second-order valence-electron chi connectivity index (χ2n) is 7.86. The maximum atomic E-state index is 12.5. The highest BCUT2D eigenvalue weighted by molar-refractivity contribution is 7.13. The normalized spacial score (nSPS) is 14.0. The molecular weight excluding hydrogens is 438 g/mol. The first-order valence-electron chi connectivity index (χ1n) is 11.0. The number of methoxy groups -OCH3 is 1. The Hall–Kier alpha value is -3.46. The molecule has 3 aromatic rings. The molecule has 1 aliphatic heterocycles. The number of amides is 3. The number of likely N-dealkylation sites (tertiary alicyclic amines) is 1. The van der Waals surface area contributed by atoms with Crippen molar-refractivity contribution in [3.63, 3.8) is 0 Å². The fourth-order valence-corrected chi connectivity index (χ4v) is 4.66. The summed E-state index contributed by atoms with van der Waals surface area (Å²) in [5.74, 6) is 0.653. The molecule has 172 valence electrons. The number of aromatic nitrogens is 2. The average Bonchev–Trinajstić information content (AvgIpc) is 3.36. The third-order valence-corrected chi connectivity index (χ3v) is 6.73. The van der Waals surface area contributed by atoms with Gasteiger partial charge in [0.05, 0.1) is 7.11 Å². The van der Waals surface area contributed by atoms with Gasteiger partial charge in [-0.25, -0.2) is 4.79 Å². The Morgan fingerprint density at radius 1 is 1.06 bits per heavy atom. The highest BCUT2D eigenvalue weighted by atomic mass is 32.1. The zero-order valence-electron chi connectivity index (χ0n) is 18.5. The minimum atomic E-state index is -0.279. The zero-order valence-corrected chi connectivity index (χ0v) is 19.3. The molecule has 0 bridgehead atoms. The Morgan fingerprint density at radius 2 is 1.79 bits per heavy atom. The van der Waals surface area contributed by atoms with Crippen LogP contribution in [0.1, 0.15) is 39.1 Å². The number of hydrogen-bond donors (Lipinski definition) is 2. The molecule has 0 atom stereocenters. The van der Waals surface area contributed by atoms with Gasteiger partial charge in [0, 0.05) is 31.2 Å². The molecule has 0 aliphatic carbocycles. The van der Waals surface area contributed by atoms with Gasteiger partial charge in [-0.2, -0.15) is 0 Å². The topological polar surface area (TPSA) is 96.4 Å². The third kappa shape index (κ3) is 6.07. The van der Waals surface area contributed by atoms with Gasteiger partial charge in [-0.05, 0) is 49.1 Å². The van der Waals surface area contributed by atoms with E-state index in [0.29, 0.717) is 30.3 Å². The highest BCUT2D eigenvalue weighted by Crippen LogP contribution is 2.30. The maximum Gasteiger partial charge on any atom is 0.317 e. The first-order valence-corrected chi connectivity index (χ1v) is 11.8. The van der Waals surface area contributed by atoms with Crippen LogP contribution in [0.4, 0.5) is 10.5 Å². The van der Waals surface area contributed by atoms with E-state index < -0.39 is 0 Å². The Balaban J connectivity index is 1.23. The van der Waals surface area contributed by atoms with Crippen LogP contribution in [-0.4, -0.2) is 53.8 Å². The SMILES string of the molecule is COc1ccc(NC(=O)c2nnc(C3CCN(C(=O)NCCc4ccccc4)CC3)s2)cc1. The van der Waals surface area contributed by atoms with E-state index in [9.17, 15) is 9.59 Å². The first kappa shape index (κ1) is 22.7. The molecule has 1 fully saturated rings. The second-order valence-corrected chi connectivity index (χ2v) is 8.87. The number of urea groups is 1. The van der Waals surface area contributed by atoms with Crippen LogP contribution in [0.25, 0.3) is 0 Å². The Labute approximate surface area is 197 Å². The van der Waals surface area contributed by atoms with E-state index in [0.717, 1.165) is 30.0 Å². The van der Waals surface area contributed by atoms with Crippen molar-refractivity contribution in [2.75, 3.05) is 32.1 Å². The van der Waals surface area contributed by atoms with Crippen molar-refractivity contribution in [3.8, 4) is 5.75 Å². The standard InChI is InChI=1S/C24H27N5O3S/c1-32-20-9-7-19(8-10-20)26-21(30)23-28-27-22(33-23)18-12-15-29(16-13-18)24(31)25-14-11-17-5-3-2-4-6-17/h2-10,18H,11-16H2,1H3,(H,25,31)(H,26,30). The number of nitrogens with one attached hydrogen (secondary N) is 2. The number of benzene rings is 2. The van der Waals surface area contributed by atoms with Gasteiger partial charge in [0.1, 0.15) is 10.8 Å². The van der Waals surface area contributed by atoms with Crippen LogP contribution in [-0.2, 0) is 6.42 Å². The van der Waals surface area contributed by atoms with Crippen molar-refractivity contribution < 1.29 is 14.3 Å². The predicted octanol–water partition coefficient (Wildman–Crippen LogP) is 3.93. The lowest BCUT2D eigenvalue weighted by Crippen LogP contribution is -2.44. The molecule has 8 nitrogen and oxygen atoms in total. The summed E-state index contributed by atoms with van der Waals surface area (Å²) in [6, 6.07) is 17.2. The van der Waals surface area contributed by atoms with Crippen molar-refractivity contribution in [2.45, 2.75) is 25.2 Å². The largest absolute Gasteiger partial charge is 0.497 e. The summed E-state index contributed by atoms with van der Waals surface area (Å²) in [7, 11) is 1.60. The van der Waals surface area contributed by atoms with Gasteiger partial charge in [-0.1, -0.05) is 41.7 Å². The van der Waals surface area contributed by atoms with Crippen molar-refractivity contribution in [3.05, 3.63) is 70.2 Å². The van der Waals surface area contributed by atoms with Gasteiger partial charge < -0.3 is 20.3 Å². The number of hydrogen-bond acceptors (Lipinski definition) is 6. The van der Waals surface area contributed by atoms with Crippen LogP contribution in [0.2, 0.25) is 0 Å². The number of piperidine rings is 1. The van der Waals surface area contributed by atoms with Crippen LogP contribution in [0, 0.1) is 0 Å². The lowest BCUT2D eigenvalue weighted by Gasteiger charge is -2.31. The van der Waals surface area contributed by atoms with Crippen LogP contribution in [0.5, 0.6) is 5.75 Å². The van der Waals surface area contributed by atoms with Crippen molar-refractivity contribution >= 4 is 29.0 Å². The van der Waals surface area contributed by atoms with E-state index in [2.05, 4.69) is 33.0 Å². The molecular formula is C24H27N5O3S. The second kappa shape index (κ2) is 10.9.